The summed E-state index contributed by atoms with van der Waals surface area (Å²) in [5.41, 5.74) is 7.90. The third kappa shape index (κ3) is 4.57. The van der Waals surface area contributed by atoms with Gasteiger partial charge < -0.3 is 15.5 Å². The molecule has 3 N–H and O–H groups in total. The van der Waals surface area contributed by atoms with Gasteiger partial charge >= 0.3 is 0 Å². The summed E-state index contributed by atoms with van der Waals surface area (Å²) in [6.45, 7) is 2.17. The van der Waals surface area contributed by atoms with Gasteiger partial charge in [0.2, 0.25) is 5.91 Å². The van der Waals surface area contributed by atoms with Gasteiger partial charge in [-0.1, -0.05) is 18.2 Å². The fourth-order valence-electron chi connectivity index (χ4n) is 4.25. The number of para-hydroxylation sites is 1. The molecule has 33 heavy (non-hydrogen) atoms. The smallest absolute Gasteiger partial charge is 0.262 e. The molecule has 0 spiro atoms. The van der Waals surface area contributed by atoms with E-state index in [9.17, 15) is 9.59 Å². The summed E-state index contributed by atoms with van der Waals surface area (Å²) in [7, 11) is 0. The maximum absolute atomic E-state index is 12.8. The summed E-state index contributed by atoms with van der Waals surface area (Å²) in [6, 6.07) is 11.6. The Kier molecular flexibility index (Phi) is 6.26. The third-order valence-electron chi connectivity index (χ3n) is 5.88. The Labute approximate surface area is 199 Å². The van der Waals surface area contributed by atoms with Crippen LogP contribution in [0.3, 0.4) is 0 Å². The molecule has 1 aliphatic rings. The second-order valence-electron chi connectivity index (χ2n) is 8.06. The van der Waals surface area contributed by atoms with Crippen molar-refractivity contribution in [1.82, 2.24) is 15.2 Å². The number of carbonyl (C=O) groups excluding carboxylic acids is 2. The number of hydrogen-bond donors (Lipinski definition) is 2. The second-order valence-corrected chi connectivity index (χ2v) is 9.83. The molecule has 9 heteroatoms. The van der Waals surface area contributed by atoms with Crippen LogP contribution < -0.4 is 11.1 Å². The van der Waals surface area contributed by atoms with Crippen molar-refractivity contribution in [2.45, 2.75) is 25.3 Å². The number of nitrogens with one attached hydrogen (secondary N) is 1. The number of amides is 2. The summed E-state index contributed by atoms with van der Waals surface area (Å²) in [4.78, 5) is 31.8. The number of benzene rings is 1. The van der Waals surface area contributed by atoms with E-state index in [1.165, 1.54) is 22.7 Å². The molecular formula is C24H24N4O3S2. The Balaban J connectivity index is 1.22. The minimum absolute atomic E-state index is 0.103. The molecule has 4 heterocycles. The lowest BCUT2D eigenvalue weighted by molar-refractivity contribution is -0.122. The molecule has 3 aromatic heterocycles. The topological polar surface area (TPSA) is 101 Å². The van der Waals surface area contributed by atoms with E-state index in [1.807, 2.05) is 47.2 Å². The van der Waals surface area contributed by atoms with Crippen molar-refractivity contribution < 1.29 is 14.0 Å². The highest BCUT2D eigenvalue weighted by Gasteiger charge is 2.28. The summed E-state index contributed by atoms with van der Waals surface area (Å²) < 4.78 is 5.93. The van der Waals surface area contributed by atoms with E-state index in [0.717, 1.165) is 65.3 Å². The SMILES string of the molecule is NC(=O)C1CCCN1CCCNC(=O)c1sccc1-c1nc(-c2cc3ccccc3o2)cs1. The molecule has 1 saturated heterocycles. The fourth-order valence-corrected chi connectivity index (χ4v) is 5.97. The van der Waals surface area contributed by atoms with Gasteiger partial charge in [0.1, 0.15) is 21.2 Å². The molecule has 1 aliphatic heterocycles. The van der Waals surface area contributed by atoms with Crippen LogP contribution in [0.5, 0.6) is 0 Å². The van der Waals surface area contributed by atoms with E-state index in [4.69, 9.17) is 15.1 Å². The van der Waals surface area contributed by atoms with E-state index in [1.54, 1.807) is 0 Å². The van der Waals surface area contributed by atoms with E-state index in [-0.39, 0.29) is 17.9 Å². The first-order chi connectivity index (χ1) is 16.1. The van der Waals surface area contributed by atoms with Crippen LogP contribution in [0.15, 0.2) is 51.6 Å². The number of thiazole rings is 1. The highest BCUT2D eigenvalue weighted by molar-refractivity contribution is 7.15. The van der Waals surface area contributed by atoms with Gasteiger partial charge in [0, 0.05) is 29.4 Å². The van der Waals surface area contributed by atoms with Crippen LogP contribution in [0.1, 0.15) is 28.9 Å². The highest BCUT2D eigenvalue weighted by Crippen LogP contribution is 2.35. The van der Waals surface area contributed by atoms with Gasteiger partial charge in [-0.2, -0.15) is 0 Å². The number of carbonyl (C=O) groups is 2. The monoisotopic (exact) mass is 480 g/mol. The average Bonchev–Trinajstić information content (AvgIpc) is 3.60. The van der Waals surface area contributed by atoms with E-state index < -0.39 is 0 Å². The number of fused-ring (bicyclic) bond motifs is 1. The molecule has 1 aromatic carbocycles. The first-order valence-electron chi connectivity index (χ1n) is 10.9. The molecule has 1 atom stereocenters. The third-order valence-corrected chi connectivity index (χ3v) is 7.67. The molecule has 0 saturated carbocycles. The van der Waals surface area contributed by atoms with Crippen molar-refractivity contribution in [2.75, 3.05) is 19.6 Å². The van der Waals surface area contributed by atoms with Gasteiger partial charge in [-0.25, -0.2) is 4.98 Å². The lowest BCUT2D eigenvalue weighted by Crippen LogP contribution is -2.41. The van der Waals surface area contributed by atoms with Gasteiger partial charge in [-0.15, -0.1) is 22.7 Å². The van der Waals surface area contributed by atoms with Gasteiger partial charge in [-0.3, -0.25) is 14.5 Å². The number of furan rings is 1. The van der Waals surface area contributed by atoms with Crippen LogP contribution in [0.2, 0.25) is 0 Å². The largest absolute Gasteiger partial charge is 0.454 e. The average molecular weight is 481 g/mol. The number of aromatic nitrogens is 1. The Bertz CT molecular complexity index is 1260. The predicted molar refractivity (Wildman–Crippen MR) is 131 cm³/mol. The van der Waals surface area contributed by atoms with Crippen LogP contribution in [0.4, 0.5) is 0 Å². The molecule has 170 valence electrons. The summed E-state index contributed by atoms with van der Waals surface area (Å²) >= 11 is 2.91. The molecule has 7 nitrogen and oxygen atoms in total. The van der Waals surface area contributed by atoms with E-state index in [0.29, 0.717) is 11.4 Å². The van der Waals surface area contributed by atoms with Crippen LogP contribution >= 0.6 is 22.7 Å². The number of hydrogen-bond acceptors (Lipinski definition) is 7. The van der Waals surface area contributed by atoms with Crippen LogP contribution in [0, 0.1) is 0 Å². The molecule has 1 unspecified atom stereocenters. The van der Waals surface area contributed by atoms with Gasteiger partial charge in [0.05, 0.1) is 6.04 Å². The lowest BCUT2D eigenvalue weighted by atomic mass is 10.2. The van der Waals surface area contributed by atoms with E-state index in [2.05, 4.69) is 10.2 Å². The molecule has 0 bridgehead atoms. The molecule has 0 aliphatic carbocycles. The van der Waals surface area contributed by atoms with E-state index >= 15 is 0 Å². The van der Waals surface area contributed by atoms with Crippen LogP contribution in [0.25, 0.3) is 33.0 Å². The Morgan fingerprint density at radius 1 is 1.24 bits per heavy atom. The molecular weight excluding hydrogens is 456 g/mol. The maximum Gasteiger partial charge on any atom is 0.262 e. The number of nitrogens with two attached hydrogens (primary N) is 1. The number of nitrogens with zero attached hydrogens (tertiary/aromatic N) is 2. The minimum Gasteiger partial charge on any atom is -0.454 e. The van der Waals surface area contributed by atoms with Crippen molar-refractivity contribution >= 4 is 45.5 Å². The van der Waals surface area contributed by atoms with Gasteiger partial charge in [-0.05, 0) is 49.4 Å². The van der Waals surface area contributed by atoms with Crippen molar-refractivity contribution in [2.24, 2.45) is 5.73 Å². The summed E-state index contributed by atoms with van der Waals surface area (Å²) in [6.07, 6.45) is 2.58. The first-order valence-corrected chi connectivity index (χ1v) is 12.7. The Morgan fingerprint density at radius 3 is 2.97 bits per heavy atom. The van der Waals surface area contributed by atoms with Crippen LogP contribution in [-0.4, -0.2) is 47.4 Å². The predicted octanol–water partition coefficient (Wildman–Crippen LogP) is 4.35. The number of thiophene rings is 1. The molecule has 1 fully saturated rings. The Hall–Kier alpha value is -3.01. The molecule has 2 amide bonds. The van der Waals surface area contributed by atoms with Crippen molar-refractivity contribution in [1.29, 1.82) is 0 Å². The minimum atomic E-state index is -0.259. The second kappa shape index (κ2) is 9.46. The zero-order valence-electron chi connectivity index (χ0n) is 18.0. The van der Waals surface area contributed by atoms with Crippen LogP contribution in [-0.2, 0) is 4.79 Å². The number of rotatable bonds is 8. The molecule has 4 aromatic rings. The zero-order valence-corrected chi connectivity index (χ0v) is 19.6. The lowest BCUT2D eigenvalue weighted by Gasteiger charge is -2.21. The summed E-state index contributed by atoms with van der Waals surface area (Å²) in [5.74, 6) is 0.356. The number of primary amides is 1. The van der Waals surface area contributed by atoms with Gasteiger partial charge in [0.25, 0.3) is 5.91 Å². The standard InChI is InChI=1S/C24H24N4O3S2/c25-22(29)18-6-3-10-28(18)11-4-9-26-23(30)21-16(8-12-32-21)24-27-17(14-33-24)20-13-15-5-1-2-7-19(15)31-20/h1-2,5,7-8,12-14,18H,3-4,6,9-11H2,(H2,25,29)(H,26,30). The first kappa shape index (κ1) is 21.8. The fraction of sp³-hybridized carbons (Fsp3) is 0.292. The zero-order chi connectivity index (χ0) is 22.8. The van der Waals surface area contributed by atoms with Crippen molar-refractivity contribution in [3.05, 3.63) is 52.0 Å². The highest BCUT2D eigenvalue weighted by atomic mass is 32.1. The van der Waals surface area contributed by atoms with Gasteiger partial charge in [0.15, 0.2) is 5.76 Å². The van der Waals surface area contributed by atoms with Crippen molar-refractivity contribution in [3.63, 3.8) is 0 Å². The Morgan fingerprint density at radius 2 is 2.12 bits per heavy atom. The number of likely N-dealkylation sites (tertiary alicyclic amines) is 1. The molecule has 0 radical (unpaired) electrons. The normalized spacial score (nSPS) is 16.4. The quantitative estimate of drug-likeness (QED) is 0.365. The summed E-state index contributed by atoms with van der Waals surface area (Å²) in [5, 5.41) is 8.70. The van der Waals surface area contributed by atoms with Crippen molar-refractivity contribution in [3.8, 4) is 22.0 Å². The molecule has 5 rings (SSSR count). The maximum atomic E-state index is 12.8.